The number of aromatic nitrogens is 4. The van der Waals surface area contributed by atoms with Crippen LogP contribution in [0.15, 0.2) is 17.9 Å². The van der Waals surface area contributed by atoms with Crippen LogP contribution in [-0.4, -0.2) is 19.9 Å². The van der Waals surface area contributed by atoms with E-state index in [4.69, 9.17) is 11.6 Å². The van der Waals surface area contributed by atoms with Crippen molar-refractivity contribution in [1.29, 1.82) is 0 Å². The molecule has 2 heterocycles. The molecule has 0 saturated carbocycles. The minimum atomic E-state index is -4.60. The summed E-state index contributed by atoms with van der Waals surface area (Å²) in [5, 5.41) is 0. The van der Waals surface area contributed by atoms with Gasteiger partial charge in [0.15, 0.2) is 11.5 Å². The summed E-state index contributed by atoms with van der Waals surface area (Å²) in [7, 11) is 0. The third-order valence-corrected chi connectivity index (χ3v) is 2.40. The molecule has 0 amide bonds. The van der Waals surface area contributed by atoms with Crippen molar-refractivity contribution in [1.82, 2.24) is 19.9 Å². The highest BCUT2D eigenvalue weighted by molar-refractivity contribution is 6.27. The van der Waals surface area contributed by atoms with Gasteiger partial charge in [-0.3, -0.25) is 0 Å². The molecule has 0 spiro atoms. The van der Waals surface area contributed by atoms with Crippen molar-refractivity contribution < 1.29 is 13.2 Å². The molecule has 0 radical (unpaired) electrons. The topological polar surface area (TPSA) is 54.5 Å². The van der Waals surface area contributed by atoms with E-state index in [0.29, 0.717) is 0 Å². The first-order valence-corrected chi connectivity index (χ1v) is 5.59. The van der Waals surface area contributed by atoms with Crippen molar-refractivity contribution >= 4 is 17.7 Å². The number of nitrogens with one attached hydrogen (secondary N) is 1. The van der Waals surface area contributed by atoms with Crippen LogP contribution in [0.25, 0.3) is 17.6 Å². The highest BCUT2D eigenvalue weighted by Gasteiger charge is 2.37. The average molecular weight is 289 g/mol. The molecule has 1 N–H and O–H groups in total. The normalized spacial score (nSPS) is 12.3. The summed E-state index contributed by atoms with van der Waals surface area (Å²) in [6.45, 7) is 1.38. The van der Waals surface area contributed by atoms with Crippen molar-refractivity contribution in [3.05, 3.63) is 35.0 Å². The molecule has 0 fully saturated rings. The molecule has 8 heteroatoms. The summed E-state index contributed by atoms with van der Waals surface area (Å²) in [5.41, 5.74) is -0.219. The van der Waals surface area contributed by atoms with E-state index in [9.17, 15) is 13.2 Å². The zero-order valence-electron chi connectivity index (χ0n) is 9.66. The lowest BCUT2D eigenvalue weighted by atomic mass is 10.1. The molecule has 0 aliphatic heterocycles. The molecule has 2 aromatic heterocycles. The molecular weight excluding hydrogens is 281 g/mol. The van der Waals surface area contributed by atoms with Gasteiger partial charge in [0.25, 0.3) is 0 Å². The Morgan fingerprint density at radius 2 is 2.05 bits per heavy atom. The Morgan fingerprint density at radius 1 is 1.32 bits per heavy atom. The summed E-state index contributed by atoms with van der Waals surface area (Å²) in [6, 6.07) is 0. The predicted octanol–water partition coefficient (Wildman–Crippen LogP) is 3.40. The quantitative estimate of drug-likeness (QED) is 0.921. The maximum absolute atomic E-state index is 13.0. The first-order valence-electron chi connectivity index (χ1n) is 5.16. The van der Waals surface area contributed by atoms with Gasteiger partial charge in [-0.25, -0.2) is 15.0 Å². The standard InChI is InChI=1S/C11H8ClF3N4/c1-6-18-8(10-16-4-5-17-10)7(2-3-12)9(19-6)11(13,14)15/h2-5H,1H3,(H,16,17). The van der Waals surface area contributed by atoms with Crippen LogP contribution in [0.4, 0.5) is 13.2 Å². The molecule has 0 aliphatic rings. The molecule has 4 nitrogen and oxygen atoms in total. The number of hydrogen-bond donors (Lipinski definition) is 1. The lowest BCUT2D eigenvalue weighted by Gasteiger charge is -2.12. The van der Waals surface area contributed by atoms with Gasteiger partial charge < -0.3 is 4.98 Å². The van der Waals surface area contributed by atoms with E-state index in [0.717, 1.165) is 11.6 Å². The zero-order valence-corrected chi connectivity index (χ0v) is 10.4. The van der Waals surface area contributed by atoms with Gasteiger partial charge in [0.1, 0.15) is 11.5 Å². The molecule has 2 rings (SSSR count). The van der Waals surface area contributed by atoms with Gasteiger partial charge in [0.2, 0.25) is 0 Å². The van der Waals surface area contributed by atoms with Gasteiger partial charge in [-0.15, -0.1) is 0 Å². The summed E-state index contributed by atoms with van der Waals surface area (Å²) in [5.74, 6) is 0.228. The minimum Gasteiger partial charge on any atom is -0.343 e. The van der Waals surface area contributed by atoms with E-state index >= 15 is 0 Å². The Kier molecular flexibility index (Phi) is 3.57. The first-order chi connectivity index (χ1) is 8.93. The number of aryl methyl sites for hydroxylation is 1. The van der Waals surface area contributed by atoms with Gasteiger partial charge in [-0.1, -0.05) is 11.6 Å². The van der Waals surface area contributed by atoms with Crippen molar-refractivity contribution in [2.24, 2.45) is 0 Å². The van der Waals surface area contributed by atoms with Crippen LogP contribution < -0.4 is 0 Å². The lowest BCUT2D eigenvalue weighted by molar-refractivity contribution is -0.141. The van der Waals surface area contributed by atoms with Crippen LogP contribution in [0.1, 0.15) is 17.1 Å². The van der Waals surface area contributed by atoms with Crippen molar-refractivity contribution in [2.75, 3.05) is 0 Å². The van der Waals surface area contributed by atoms with Gasteiger partial charge in [-0.05, 0) is 13.0 Å². The van der Waals surface area contributed by atoms with Crippen LogP contribution in [0.5, 0.6) is 0 Å². The van der Waals surface area contributed by atoms with Gasteiger partial charge in [0.05, 0.1) is 0 Å². The Bertz CT molecular complexity index is 605. The Balaban J connectivity index is 2.76. The van der Waals surface area contributed by atoms with Crippen LogP contribution >= 0.6 is 11.6 Å². The monoisotopic (exact) mass is 288 g/mol. The molecule has 0 bridgehead atoms. The van der Waals surface area contributed by atoms with Crippen LogP contribution in [0, 0.1) is 6.92 Å². The van der Waals surface area contributed by atoms with E-state index in [1.165, 1.54) is 19.3 Å². The summed E-state index contributed by atoms with van der Waals surface area (Å²) < 4.78 is 38.9. The Hall–Kier alpha value is -1.89. The molecule has 0 atom stereocenters. The maximum Gasteiger partial charge on any atom is 0.434 e. The number of H-pyrrole nitrogens is 1. The fourth-order valence-electron chi connectivity index (χ4n) is 1.59. The third-order valence-electron chi connectivity index (χ3n) is 2.28. The number of imidazole rings is 1. The van der Waals surface area contributed by atoms with E-state index in [1.807, 2.05) is 0 Å². The van der Waals surface area contributed by atoms with Crippen molar-refractivity contribution in [3.8, 4) is 11.5 Å². The van der Waals surface area contributed by atoms with Crippen LogP contribution in [-0.2, 0) is 6.18 Å². The highest BCUT2D eigenvalue weighted by atomic mass is 35.5. The fourth-order valence-corrected chi connectivity index (χ4v) is 1.72. The molecule has 0 aliphatic carbocycles. The number of rotatable bonds is 2. The smallest absolute Gasteiger partial charge is 0.343 e. The Labute approximate surface area is 111 Å². The summed E-state index contributed by atoms with van der Waals surface area (Å²) >= 11 is 5.40. The maximum atomic E-state index is 13.0. The van der Waals surface area contributed by atoms with Gasteiger partial charge >= 0.3 is 6.18 Å². The molecule has 19 heavy (non-hydrogen) atoms. The second-order valence-electron chi connectivity index (χ2n) is 3.61. The molecule has 0 unspecified atom stereocenters. The number of halogens is 4. The number of nitrogens with zero attached hydrogens (tertiary/aromatic N) is 3. The predicted molar refractivity (Wildman–Crippen MR) is 64.2 cm³/mol. The SMILES string of the molecule is Cc1nc(-c2ncc[nH]2)c(C=CCl)c(C(F)(F)F)n1. The van der Waals surface area contributed by atoms with E-state index in [1.54, 1.807) is 0 Å². The van der Waals surface area contributed by atoms with E-state index in [2.05, 4.69) is 19.9 Å². The molecule has 0 saturated heterocycles. The zero-order chi connectivity index (χ0) is 14.0. The van der Waals surface area contributed by atoms with Crippen LogP contribution in [0.3, 0.4) is 0 Å². The largest absolute Gasteiger partial charge is 0.434 e. The summed E-state index contributed by atoms with van der Waals surface area (Å²) in [4.78, 5) is 14.1. The minimum absolute atomic E-state index is 0.00504. The Morgan fingerprint density at radius 3 is 2.58 bits per heavy atom. The van der Waals surface area contributed by atoms with Gasteiger partial charge in [-0.2, -0.15) is 13.2 Å². The average Bonchev–Trinajstić information content (AvgIpc) is 2.83. The second-order valence-corrected chi connectivity index (χ2v) is 3.86. The second kappa shape index (κ2) is 5.00. The molecule has 100 valence electrons. The van der Waals surface area contributed by atoms with E-state index in [-0.39, 0.29) is 22.9 Å². The van der Waals surface area contributed by atoms with Crippen molar-refractivity contribution in [3.63, 3.8) is 0 Å². The number of alkyl halides is 3. The molecule has 2 aromatic rings. The highest BCUT2D eigenvalue weighted by Crippen LogP contribution is 2.34. The number of hydrogen-bond acceptors (Lipinski definition) is 3. The van der Waals surface area contributed by atoms with Crippen LogP contribution in [0.2, 0.25) is 0 Å². The first kappa shape index (κ1) is 13.5. The summed E-state index contributed by atoms with van der Waals surface area (Å²) in [6.07, 6.45) is -0.578. The lowest BCUT2D eigenvalue weighted by Crippen LogP contribution is -2.14. The number of aromatic amines is 1. The molecular formula is C11H8ClF3N4. The van der Waals surface area contributed by atoms with Gasteiger partial charge in [0, 0.05) is 23.5 Å². The fraction of sp³-hybridized carbons (Fsp3) is 0.182. The van der Waals surface area contributed by atoms with E-state index < -0.39 is 11.9 Å². The third kappa shape index (κ3) is 2.76. The molecule has 0 aromatic carbocycles. The van der Waals surface area contributed by atoms with Crippen molar-refractivity contribution in [2.45, 2.75) is 13.1 Å².